The molecule has 0 saturated heterocycles. The van der Waals surface area contributed by atoms with E-state index in [9.17, 15) is 9.90 Å². The predicted molar refractivity (Wildman–Crippen MR) is 55.1 cm³/mol. The largest absolute Gasteiger partial charge is 0.444 e. The Morgan fingerprint density at radius 2 is 2.13 bits per heavy atom. The van der Waals surface area contributed by atoms with Gasteiger partial charge in [0, 0.05) is 0 Å². The molecule has 0 aliphatic rings. The lowest BCUT2D eigenvalue weighted by molar-refractivity contribution is 0.0413. The SMILES string of the molecule is C#CC(O)C(CO)NC(=O)OC(C)(C)C. The van der Waals surface area contributed by atoms with Crippen molar-refractivity contribution in [3.8, 4) is 12.3 Å². The van der Waals surface area contributed by atoms with Gasteiger partial charge in [-0.25, -0.2) is 4.79 Å². The second-order valence-electron chi connectivity index (χ2n) is 4.05. The number of aliphatic hydroxyl groups excluding tert-OH is 2. The summed E-state index contributed by atoms with van der Waals surface area (Å²) in [6.07, 6.45) is 2.99. The van der Waals surface area contributed by atoms with Gasteiger partial charge in [-0.15, -0.1) is 6.42 Å². The molecule has 0 aromatic heterocycles. The Morgan fingerprint density at radius 1 is 1.60 bits per heavy atom. The number of amides is 1. The summed E-state index contributed by atoms with van der Waals surface area (Å²) < 4.78 is 4.92. The normalized spacial score (nSPS) is 14.9. The van der Waals surface area contributed by atoms with Crippen LogP contribution < -0.4 is 5.32 Å². The minimum absolute atomic E-state index is 0.454. The molecule has 0 aliphatic carbocycles. The summed E-state index contributed by atoms with van der Waals surface area (Å²) in [6, 6.07) is -0.912. The van der Waals surface area contributed by atoms with Gasteiger partial charge in [0.2, 0.25) is 0 Å². The fraction of sp³-hybridized carbons (Fsp3) is 0.700. The molecule has 0 spiro atoms. The van der Waals surface area contributed by atoms with Crippen molar-refractivity contribution in [2.75, 3.05) is 6.61 Å². The number of ether oxygens (including phenoxy) is 1. The molecule has 0 aliphatic heterocycles. The van der Waals surface area contributed by atoms with Crippen LogP contribution >= 0.6 is 0 Å². The number of carbonyl (C=O) groups is 1. The Kier molecular flexibility index (Phi) is 5.12. The molecule has 86 valence electrons. The zero-order valence-corrected chi connectivity index (χ0v) is 9.15. The Hall–Kier alpha value is -1.25. The Labute approximate surface area is 89.4 Å². The van der Waals surface area contributed by atoms with Crippen molar-refractivity contribution in [1.82, 2.24) is 5.32 Å². The summed E-state index contributed by atoms with van der Waals surface area (Å²) in [7, 11) is 0. The van der Waals surface area contributed by atoms with Crippen molar-refractivity contribution in [2.24, 2.45) is 0 Å². The zero-order chi connectivity index (χ0) is 12.1. The molecule has 2 unspecified atom stereocenters. The maximum atomic E-state index is 11.2. The Morgan fingerprint density at radius 3 is 2.47 bits per heavy atom. The monoisotopic (exact) mass is 215 g/mol. The van der Waals surface area contributed by atoms with Crippen LogP contribution in [0.1, 0.15) is 20.8 Å². The van der Waals surface area contributed by atoms with E-state index in [4.69, 9.17) is 16.3 Å². The first-order valence-electron chi connectivity index (χ1n) is 4.54. The molecule has 3 N–H and O–H groups in total. The quantitative estimate of drug-likeness (QED) is 0.573. The van der Waals surface area contributed by atoms with Crippen molar-refractivity contribution in [3.63, 3.8) is 0 Å². The standard InChI is InChI=1S/C10H17NO4/c1-5-8(13)7(6-12)11-9(14)15-10(2,3)4/h1,7-8,12-13H,6H2,2-4H3,(H,11,14). The molecule has 0 fully saturated rings. The van der Waals surface area contributed by atoms with Crippen molar-refractivity contribution in [3.05, 3.63) is 0 Å². The number of hydrogen-bond acceptors (Lipinski definition) is 4. The fourth-order valence-electron chi connectivity index (χ4n) is 0.800. The number of nitrogens with one attached hydrogen (secondary N) is 1. The number of aliphatic hydroxyl groups is 2. The summed E-state index contributed by atoms with van der Waals surface area (Å²) >= 11 is 0. The summed E-state index contributed by atoms with van der Waals surface area (Å²) in [5.74, 6) is 2.01. The Balaban J connectivity index is 4.21. The van der Waals surface area contributed by atoms with Crippen LogP contribution in [0.25, 0.3) is 0 Å². The van der Waals surface area contributed by atoms with Gasteiger partial charge in [0.25, 0.3) is 0 Å². The molecular weight excluding hydrogens is 198 g/mol. The first kappa shape index (κ1) is 13.8. The van der Waals surface area contributed by atoms with Crippen molar-refractivity contribution in [2.45, 2.75) is 38.5 Å². The number of hydrogen-bond donors (Lipinski definition) is 3. The maximum Gasteiger partial charge on any atom is 0.408 e. The third-order valence-corrected chi connectivity index (χ3v) is 1.45. The van der Waals surface area contributed by atoms with Gasteiger partial charge in [-0.05, 0) is 20.8 Å². The number of alkyl carbamates (subject to hydrolysis) is 1. The second kappa shape index (κ2) is 5.59. The molecule has 0 bridgehead atoms. The van der Waals surface area contributed by atoms with E-state index in [1.807, 2.05) is 5.92 Å². The smallest absolute Gasteiger partial charge is 0.408 e. The fourth-order valence-corrected chi connectivity index (χ4v) is 0.800. The van der Waals surface area contributed by atoms with E-state index in [1.165, 1.54) is 0 Å². The second-order valence-corrected chi connectivity index (χ2v) is 4.05. The van der Waals surface area contributed by atoms with Crippen molar-refractivity contribution < 1.29 is 19.7 Å². The summed E-state index contributed by atoms with van der Waals surface area (Å²) in [5, 5.41) is 20.3. The van der Waals surface area contributed by atoms with Gasteiger partial charge in [-0.3, -0.25) is 0 Å². The number of carbonyl (C=O) groups excluding carboxylic acids is 1. The minimum atomic E-state index is -1.23. The molecule has 0 rings (SSSR count). The highest BCUT2D eigenvalue weighted by Crippen LogP contribution is 2.07. The lowest BCUT2D eigenvalue weighted by Crippen LogP contribution is -2.47. The van der Waals surface area contributed by atoms with Gasteiger partial charge in [-0.1, -0.05) is 5.92 Å². The summed E-state index contributed by atoms with van der Waals surface area (Å²) in [5.41, 5.74) is -0.634. The van der Waals surface area contributed by atoms with Crippen LogP contribution in [0.15, 0.2) is 0 Å². The van der Waals surface area contributed by atoms with Crippen molar-refractivity contribution >= 4 is 6.09 Å². The van der Waals surface area contributed by atoms with E-state index in [2.05, 4.69) is 5.32 Å². The topological polar surface area (TPSA) is 78.8 Å². The molecule has 5 nitrogen and oxygen atoms in total. The van der Waals surface area contributed by atoms with Crippen LogP contribution in [0.5, 0.6) is 0 Å². The van der Waals surface area contributed by atoms with Crippen LogP contribution in [0.2, 0.25) is 0 Å². The lowest BCUT2D eigenvalue weighted by Gasteiger charge is -2.23. The first-order valence-corrected chi connectivity index (χ1v) is 4.54. The number of rotatable bonds is 3. The van der Waals surface area contributed by atoms with Crippen LogP contribution in [-0.2, 0) is 4.74 Å². The molecule has 5 heteroatoms. The van der Waals surface area contributed by atoms with Gasteiger partial charge in [0.1, 0.15) is 11.7 Å². The highest BCUT2D eigenvalue weighted by atomic mass is 16.6. The highest BCUT2D eigenvalue weighted by Gasteiger charge is 2.22. The van der Waals surface area contributed by atoms with E-state index in [0.717, 1.165) is 0 Å². The number of terminal acetylenes is 1. The molecule has 0 radical (unpaired) electrons. The average molecular weight is 215 g/mol. The van der Waals surface area contributed by atoms with Crippen LogP contribution in [0.3, 0.4) is 0 Å². The summed E-state index contributed by atoms with van der Waals surface area (Å²) in [4.78, 5) is 11.2. The average Bonchev–Trinajstić information content (AvgIpc) is 2.10. The van der Waals surface area contributed by atoms with E-state index < -0.39 is 30.4 Å². The minimum Gasteiger partial charge on any atom is -0.444 e. The van der Waals surface area contributed by atoms with E-state index in [-0.39, 0.29) is 0 Å². The third-order valence-electron chi connectivity index (χ3n) is 1.45. The van der Waals surface area contributed by atoms with Gasteiger partial charge < -0.3 is 20.3 Å². The Bertz CT molecular complexity index is 251. The molecule has 2 atom stereocenters. The molecule has 1 amide bonds. The van der Waals surface area contributed by atoms with Gasteiger partial charge >= 0.3 is 6.09 Å². The lowest BCUT2D eigenvalue weighted by atomic mass is 10.2. The molecule has 0 heterocycles. The molecular formula is C10H17NO4. The van der Waals surface area contributed by atoms with Crippen LogP contribution in [-0.4, -0.2) is 40.7 Å². The van der Waals surface area contributed by atoms with Gasteiger partial charge in [0.05, 0.1) is 12.6 Å². The van der Waals surface area contributed by atoms with Gasteiger partial charge in [0.15, 0.2) is 0 Å². The maximum absolute atomic E-state index is 11.2. The van der Waals surface area contributed by atoms with Crippen LogP contribution in [0.4, 0.5) is 4.79 Å². The predicted octanol–water partition coefficient (Wildman–Crippen LogP) is -0.134. The molecule has 0 aromatic rings. The highest BCUT2D eigenvalue weighted by molar-refractivity contribution is 5.68. The van der Waals surface area contributed by atoms with Crippen LogP contribution in [0, 0.1) is 12.3 Å². The molecule has 0 saturated carbocycles. The van der Waals surface area contributed by atoms with E-state index in [0.29, 0.717) is 0 Å². The van der Waals surface area contributed by atoms with E-state index in [1.54, 1.807) is 20.8 Å². The molecule has 0 aromatic carbocycles. The first-order chi connectivity index (χ1) is 6.80. The molecule has 15 heavy (non-hydrogen) atoms. The van der Waals surface area contributed by atoms with Gasteiger partial charge in [-0.2, -0.15) is 0 Å². The van der Waals surface area contributed by atoms with E-state index >= 15 is 0 Å². The zero-order valence-electron chi connectivity index (χ0n) is 9.15. The van der Waals surface area contributed by atoms with Crippen molar-refractivity contribution in [1.29, 1.82) is 0 Å². The summed E-state index contributed by atoms with van der Waals surface area (Å²) in [6.45, 7) is 4.67. The third kappa shape index (κ3) is 5.94.